The Morgan fingerprint density at radius 2 is 2.05 bits per heavy atom. The van der Waals surface area contributed by atoms with Crippen LogP contribution in [0, 0.1) is 11.8 Å². The molecule has 1 amide bonds. The maximum absolute atomic E-state index is 11.8. The summed E-state index contributed by atoms with van der Waals surface area (Å²) in [6.45, 7) is 1.42. The van der Waals surface area contributed by atoms with Gasteiger partial charge in [0.15, 0.2) is 0 Å². The van der Waals surface area contributed by atoms with Crippen LogP contribution in [0.3, 0.4) is 0 Å². The average molecular weight is 269 g/mol. The number of hydrogen-bond donors (Lipinski definition) is 1. The molecule has 0 saturated heterocycles. The first kappa shape index (κ1) is 14.2. The van der Waals surface area contributed by atoms with Gasteiger partial charge in [-0.1, -0.05) is 30.0 Å². The van der Waals surface area contributed by atoms with E-state index < -0.39 is 0 Å². The van der Waals surface area contributed by atoms with E-state index >= 15 is 0 Å². The molecule has 2 rings (SSSR count). The largest absolute Gasteiger partial charge is 0.344 e. The number of nitrogens with one attached hydrogen (secondary N) is 1. The number of nitrogens with zero attached hydrogens (tertiary/aromatic N) is 2. The molecule has 0 fully saturated rings. The Morgan fingerprint density at radius 1 is 1.25 bits per heavy atom. The van der Waals surface area contributed by atoms with Crippen LogP contribution in [0.5, 0.6) is 0 Å². The lowest BCUT2D eigenvalue weighted by Gasteiger charge is -2.05. The number of hydrogen-bond acceptors (Lipinski definition) is 2. The molecule has 0 aliphatic heterocycles. The van der Waals surface area contributed by atoms with Gasteiger partial charge in [-0.3, -0.25) is 9.69 Å². The second-order valence-electron chi connectivity index (χ2n) is 4.87. The minimum Gasteiger partial charge on any atom is -0.344 e. The molecule has 4 nitrogen and oxygen atoms in total. The van der Waals surface area contributed by atoms with Gasteiger partial charge in [-0.2, -0.15) is 0 Å². The zero-order chi connectivity index (χ0) is 14.4. The van der Waals surface area contributed by atoms with Crippen molar-refractivity contribution in [3.8, 4) is 11.8 Å². The normalized spacial score (nSPS) is 10.3. The van der Waals surface area contributed by atoms with Crippen LogP contribution < -0.4 is 5.32 Å². The predicted octanol–water partition coefficient (Wildman–Crippen LogP) is 1.32. The minimum atomic E-state index is -0.0227. The molecule has 1 aromatic heterocycles. The second-order valence-corrected chi connectivity index (χ2v) is 4.87. The topological polar surface area (TPSA) is 37.3 Å². The highest BCUT2D eigenvalue weighted by Crippen LogP contribution is 2.14. The van der Waals surface area contributed by atoms with Crippen molar-refractivity contribution in [2.45, 2.75) is 6.54 Å². The van der Waals surface area contributed by atoms with Crippen molar-refractivity contribution in [2.75, 3.05) is 27.2 Å². The number of benzene rings is 1. The molecule has 1 heterocycles. The predicted molar refractivity (Wildman–Crippen MR) is 81.3 cm³/mol. The van der Waals surface area contributed by atoms with Crippen LogP contribution in [0.2, 0.25) is 0 Å². The van der Waals surface area contributed by atoms with Crippen molar-refractivity contribution in [2.24, 2.45) is 0 Å². The summed E-state index contributed by atoms with van der Waals surface area (Å²) in [4.78, 5) is 13.8. The van der Waals surface area contributed by atoms with Crippen LogP contribution in [0.4, 0.5) is 0 Å². The van der Waals surface area contributed by atoms with Crippen molar-refractivity contribution < 1.29 is 4.79 Å². The molecular formula is C16H19N3O. The monoisotopic (exact) mass is 269 g/mol. The lowest BCUT2D eigenvalue weighted by molar-refractivity contribution is -0.121. The first-order chi connectivity index (χ1) is 9.66. The first-order valence-electron chi connectivity index (χ1n) is 6.58. The van der Waals surface area contributed by atoms with Gasteiger partial charge >= 0.3 is 0 Å². The lowest BCUT2D eigenvalue weighted by atomic mass is 10.2. The van der Waals surface area contributed by atoms with E-state index in [4.69, 9.17) is 0 Å². The summed E-state index contributed by atoms with van der Waals surface area (Å²) in [5, 5.41) is 3.95. The van der Waals surface area contributed by atoms with Crippen molar-refractivity contribution >= 4 is 16.8 Å². The Morgan fingerprint density at radius 3 is 2.85 bits per heavy atom. The van der Waals surface area contributed by atoms with Crippen LogP contribution in [-0.4, -0.2) is 42.6 Å². The summed E-state index contributed by atoms with van der Waals surface area (Å²) in [6, 6.07) is 10.0. The molecule has 0 aliphatic carbocycles. The fourth-order valence-electron chi connectivity index (χ4n) is 1.91. The van der Waals surface area contributed by atoms with Crippen LogP contribution in [0.1, 0.15) is 0 Å². The van der Waals surface area contributed by atoms with Gasteiger partial charge in [0.25, 0.3) is 0 Å². The summed E-state index contributed by atoms with van der Waals surface area (Å²) in [5.41, 5.74) is 1.07. The standard InChI is InChI=1S/C16H19N3O/c1-18(2)11-6-5-10-17-16(20)13-19-12-9-14-7-3-4-8-15(14)19/h3-4,7-9,12H,10-11,13H2,1-2H3,(H,17,20). The molecule has 1 aromatic carbocycles. The molecule has 0 unspecified atom stereocenters. The molecule has 20 heavy (non-hydrogen) atoms. The molecule has 0 bridgehead atoms. The fraction of sp³-hybridized carbons (Fsp3) is 0.312. The van der Waals surface area contributed by atoms with Gasteiger partial charge in [0.05, 0.1) is 13.1 Å². The number of carbonyl (C=O) groups is 1. The number of carbonyl (C=O) groups excluding carboxylic acids is 1. The summed E-state index contributed by atoms with van der Waals surface area (Å²) in [5.74, 6) is 5.89. The minimum absolute atomic E-state index is 0.0227. The smallest absolute Gasteiger partial charge is 0.240 e. The maximum atomic E-state index is 11.8. The molecule has 2 aromatic rings. The van der Waals surface area contributed by atoms with Gasteiger partial charge in [0.2, 0.25) is 5.91 Å². The van der Waals surface area contributed by atoms with E-state index in [1.165, 1.54) is 0 Å². The highest BCUT2D eigenvalue weighted by molar-refractivity contribution is 5.83. The van der Waals surface area contributed by atoms with Crippen LogP contribution >= 0.6 is 0 Å². The highest BCUT2D eigenvalue weighted by atomic mass is 16.1. The summed E-state index contributed by atoms with van der Waals surface area (Å²) in [7, 11) is 3.93. The maximum Gasteiger partial charge on any atom is 0.240 e. The third-order valence-corrected chi connectivity index (χ3v) is 2.89. The molecule has 0 saturated carbocycles. The third-order valence-electron chi connectivity index (χ3n) is 2.89. The van der Waals surface area contributed by atoms with Gasteiger partial charge in [-0.05, 0) is 31.6 Å². The average Bonchev–Trinajstić information content (AvgIpc) is 2.81. The fourth-order valence-corrected chi connectivity index (χ4v) is 1.91. The Hall–Kier alpha value is -2.25. The molecule has 0 aliphatic rings. The molecule has 0 radical (unpaired) electrons. The van der Waals surface area contributed by atoms with Gasteiger partial charge in [-0.15, -0.1) is 0 Å². The molecule has 4 heteroatoms. The zero-order valence-electron chi connectivity index (χ0n) is 11.9. The molecular weight excluding hydrogens is 250 g/mol. The molecule has 0 atom stereocenters. The van der Waals surface area contributed by atoms with Crippen molar-refractivity contribution in [1.82, 2.24) is 14.8 Å². The van der Waals surface area contributed by atoms with Gasteiger partial charge in [0, 0.05) is 11.7 Å². The van der Waals surface area contributed by atoms with Crippen molar-refractivity contribution in [3.63, 3.8) is 0 Å². The van der Waals surface area contributed by atoms with Gasteiger partial charge < -0.3 is 9.88 Å². The number of amides is 1. The number of fused-ring (bicyclic) bond motifs is 1. The van der Waals surface area contributed by atoms with E-state index in [0.29, 0.717) is 19.6 Å². The van der Waals surface area contributed by atoms with E-state index in [2.05, 4.69) is 17.2 Å². The highest BCUT2D eigenvalue weighted by Gasteiger charge is 2.04. The zero-order valence-corrected chi connectivity index (χ0v) is 11.9. The van der Waals surface area contributed by atoms with Gasteiger partial charge in [0.1, 0.15) is 6.54 Å². The van der Waals surface area contributed by atoms with E-state index in [9.17, 15) is 4.79 Å². The van der Waals surface area contributed by atoms with Crippen LogP contribution in [0.25, 0.3) is 10.9 Å². The Balaban J connectivity index is 1.87. The molecule has 0 spiro atoms. The van der Waals surface area contributed by atoms with Gasteiger partial charge in [-0.25, -0.2) is 0 Å². The van der Waals surface area contributed by atoms with E-state index in [1.807, 2.05) is 60.1 Å². The first-order valence-corrected chi connectivity index (χ1v) is 6.58. The van der Waals surface area contributed by atoms with Crippen LogP contribution in [0.15, 0.2) is 36.5 Å². The van der Waals surface area contributed by atoms with E-state index in [-0.39, 0.29) is 5.91 Å². The third kappa shape index (κ3) is 3.87. The molecule has 104 valence electrons. The Bertz CT molecular complexity index is 646. The summed E-state index contributed by atoms with van der Waals surface area (Å²) in [6.07, 6.45) is 1.93. The quantitative estimate of drug-likeness (QED) is 0.850. The Kier molecular flexibility index (Phi) is 4.80. The lowest BCUT2D eigenvalue weighted by Crippen LogP contribution is -2.27. The Labute approximate surface area is 119 Å². The van der Waals surface area contributed by atoms with E-state index in [1.54, 1.807) is 0 Å². The number of rotatable bonds is 4. The van der Waals surface area contributed by atoms with Crippen molar-refractivity contribution in [1.29, 1.82) is 0 Å². The van der Waals surface area contributed by atoms with Crippen LogP contribution in [-0.2, 0) is 11.3 Å². The number of aromatic nitrogens is 1. The second kappa shape index (κ2) is 6.78. The number of para-hydroxylation sites is 1. The van der Waals surface area contributed by atoms with E-state index in [0.717, 1.165) is 10.9 Å². The molecule has 1 N–H and O–H groups in total. The summed E-state index contributed by atoms with van der Waals surface area (Å²) < 4.78 is 1.94. The SMILES string of the molecule is CN(C)CC#CCNC(=O)Cn1ccc2ccccc21. The summed E-state index contributed by atoms with van der Waals surface area (Å²) >= 11 is 0. The van der Waals surface area contributed by atoms with Crippen molar-refractivity contribution in [3.05, 3.63) is 36.5 Å².